The van der Waals surface area contributed by atoms with Gasteiger partial charge >= 0.3 is 0 Å². The van der Waals surface area contributed by atoms with E-state index in [4.69, 9.17) is 5.41 Å². The van der Waals surface area contributed by atoms with Crippen LogP contribution in [0.5, 0.6) is 0 Å². The van der Waals surface area contributed by atoms with Crippen LogP contribution in [-0.4, -0.2) is 23.6 Å². The van der Waals surface area contributed by atoms with E-state index < -0.39 is 0 Å². The van der Waals surface area contributed by atoms with Gasteiger partial charge in [0.25, 0.3) is 0 Å². The van der Waals surface area contributed by atoms with Crippen molar-refractivity contribution in [2.45, 2.75) is 6.92 Å². The van der Waals surface area contributed by atoms with E-state index in [2.05, 4.69) is 5.32 Å². The maximum absolute atomic E-state index is 11.4. The highest BCUT2D eigenvalue weighted by molar-refractivity contribution is 8.00. The second kappa shape index (κ2) is 6.24. The van der Waals surface area contributed by atoms with Gasteiger partial charge in [0.2, 0.25) is 5.91 Å². The number of carbonyl (C=O) groups is 1. The monoisotopic (exact) mass is 222 g/mol. The lowest BCUT2D eigenvalue weighted by atomic mass is 10.2. The van der Waals surface area contributed by atoms with E-state index in [9.17, 15) is 4.79 Å². The fourth-order valence-electron chi connectivity index (χ4n) is 1.04. The molecule has 0 fully saturated rings. The topological polar surface area (TPSA) is 53.0 Å². The van der Waals surface area contributed by atoms with Crippen LogP contribution in [0.1, 0.15) is 5.56 Å². The molecule has 1 amide bonds. The lowest BCUT2D eigenvalue weighted by Gasteiger charge is -2.04. The van der Waals surface area contributed by atoms with Gasteiger partial charge in [-0.2, -0.15) is 0 Å². The molecule has 0 saturated carbocycles. The standard InChI is InChI=1S/C11H14N2OS/c1-9-2-4-10(5-3-9)13-11(14)8-15-7-6-12/h2-6,12H,7-8H2,1H3,(H,13,14). The van der Waals surface area contributed by atoms with Crippen LogP contribution in [0.15, 0.2) is 24.3 Å². The Morgan fingerprint density at radius 1 is 1.47 bits per heavy atom. The van der Waals surface area contributed by atoms with Crippen molar-refractivity contribution >= 4 is 29.6 Å². The maximum Gasteiger partial charge on any atom is 0.234 e. The third-order valence-corrected chi connectivity index (χ3v) is 2.64. The molecule has 0 aromatic heterocycles. The zero-order valence-corrected chi connectivity index (χ0v) is 9.43. The molecule has 15 heavy (non-hydrogen) atoms. The van der Waals surface area contributed by atoms with Crippen molar-refractivity contribution in [1.29, 1.82) is 5.41 Å². The van der Waals surface area contributed by atoms with Gasteiger partial charge in [0, 0.05) is 17.7 Å². The van der Waals surface area contributed by atoms with Crippen molar-refractivity contribution in [2.24, 2.45) is 0 Å². The molecule has 4 heteroatoms. The molecular weight excluding hydrogens is 208 g/mol. The number of anilines is 1. The predicted molar refractivity (Wildman–Crippen MR) is 65.9 cm³/mol. The third-order valence-electron chi connectivity index (χ3n) is 1.77. The highest BCUT2D eigenvalue weighted by Crippen LogP contribution is 2.09. The molecule has 0 saturated heterocycles. The fraction of sp³-hybridized carbons (Fsp3) is 0.273. The molecule has 0 bridgehead atoms. The molecule has 0 radical (unpaired) electrons. The number of rotatable bonds is 5. The van der Waals surface area contributed by atoms with Gasteiger partial charge in [0.05, 0.1) is 5.75 Å². The van der Waals surface area contributed by atoms with Crippen LogP contribution in [0, 0.1) is 12.3 Å². The predicted octanol–water partition coefficient (Wildman–Crippen LogP) is 2.32. The first-order valence-electron chi connectivity index (χ1n) is 4.65. The van der Waals surface area contributed by atoms with Crippen molar-refractivity contribution in [1.82, 2.24) is 0 Å². The van der Waals surface area contributed by atoms with Crippen LogP contribution in [-0.2, 0) is 4.79 Å². The van der Waals surface area contributed by atoms with Crippen LogP contribution in [0.25, 0.3) is 0 Å². The second-order valence-corrected chi connectivity index (χ2v) is 4.16. The maximum atomic E-state index is 11.4. The smallest absolute Gasteiger partial charge is 0.234 e. The zero-order chi connectivity index (χ0) is 11.1. The largest absolute Gasteiger partial charge is 0.325 e. The number of amides is 1. The summed E-state index contributed by atoms with van der Waals surface area (Å²) in [6.45, 7) is 2.01. The number of benzene rings is 1. The minimum Gasteiger partial charge on any atom is -0.325 e. The van der Waals surface area contributed by atoms with E-state index >= 15 is 0 Å². The Labute approximate surface area is 93.8 Å². The molecule has 2 N–H and O–H groups in total. The van der Waals surface area contributed by atoms with Gasteiger partial charge in [-0.25, -0.2) is 0 Å². The minimum atomic E-state index is -0.0225. The van der Waals surface area contributed by atoms with Crippen molar-refractivity contribution < 1.29 is 4.79 Å². The lowest BCUT2D eigenvalue weighted by Crippen LogP contribution is -2.14. The summed E-state index contributed by atoms with van der Waals surface area (Å²) in [4.78, 5) is 11.4. The Balaban J connectivity index is 2.37. The fourth-order valence-corrected chi connectivity index (χ4v) is 1.54. The molecule has 1 aromatic carbocycles. The van der Waals surface area contributed by atoms with Crippen molar-refractivity contribution in [3.8, 4) is 0 Å². The molecule has 0 spiro atoms. The summed E-state index contributed by atoms with van der Waals surface area (Å²) in [5.74, 6) is 0.954. The van der Waals surface area contributed by atoms with Gasteiger partial charge in [-0.15, -0.1) is 11.8 Å². The molecule has 0 atom stereocenters. The summed E-state index contributed by atoms with van der Waals surface area (Å²) in [7, 11) is 0. The van der Waals surface area contributed by atoms with Gasteiger partial charge in [-0.3, -0.25) is 4.79 Å². The summed E-state index contributed by atoms with van der Waals surface area (Å²) < 4.78 is 0. The first-order chi connectivity index (χ1) is 7.22. The number of hydrogen-bond acceptors (Lipinski definition) is 3. The molecule has 1 aromatic rings. The number of thioether (sulfide) groups is 1. The van der Waals surface area contributed by atoms with Crippen molar-refractivity contribution in [2.75, 3.05) is 16.8 Å². The summed E-state index contributed by atoms with van der Waals surface area (Å²) in [6, 6.07) is 7.68. The Kier molecular flexibility index (Phi) is 4.90. The van der Waals surface area contributed by atoms with Crippen LogP contribution in [0.2, 0.25) is 0 Å². The van der Waals surface area contributed by atoms with Crippen LogP contribution in [0.4, 0.5) is 5.69 Å². The van der Waals surface area contributed by atoms with Gasteiger partial charge in [-0.05, 0) is 19.1 Å². The van der Waals surface area contributed by atoms with Crippen molar-refractivity contribution in [3.05, 3.63) is 29.8 Å². The molecule has 0 aliphatic heterocycles. The van der Waals surface area contributed by atoms with E-state index in [1.807, 2.05) is 31.2 Å². The molecule has 0 heterocycles. The van der Waals surface area contributed by atoms with Gasteiger partial charge in [0.1, 0.15) is 0 Å². The highest BCUT2D eigenvalue weighted by atomic mass is 32.2. The van der Waals surface area contributed by atoms with Crippen LogP contribution < -0.4 is 5.32 Å². The van der Waals surface area contributed by atoms with Crippen molar-refractivity contribution in [3.63, 3.8) is 0 Å². The van der Waals surface area contributed by atoms with Crippen LogP contribution in [0.3, 0.4) is 0 Å². The van der Waals surface area contributed by atoms with E-state index in [1.54, 1.807) is 0 Å². The highest BCUT2D eigenvalue weighted by Gasteiger charge is 2.01. The number of nitrogens with one attached hydrogen (secondary N) is 2. The second-order valence-electron chi connectivity index (χ2n) is 3.13. The first kappa shape index (κ1) is 11.8. The normalized spacial score (nSPS) is 9.67. The SMILES string of the molecule is Cc1ccc(NC(=O)CSCC=N)cc1. The number of aryl methyl sites for hydroxylation is 1. The Bertz CT molecular complexity index is 335. The summed E-state index contributed by atoms with van der Waals surface area (Å²) >= 11 is 1.43. The van der Waals surface area contributed by atoms with E-state index in [-0.39, 0.29) is 5.91 Å². The quantitative estimate of drug-likeness (QED) is 0.593. The first-order valence-corrected chi connectivity index (χ1v) is 5.81. The molecule has 0 unspecified atom stereocenters. The molecule has 0 aliphatic carbocycles. The Morgan fingerprint density at radius 2 is 2.13 bits per heavy atom. The minimum absolute atomic E-state index is 0.0225. The van der Waals surface area contributed by atoms with E-state index in [0.29, 0.717) is 11.5 Å². The summed E-state index contributed by atoms with van der Waals surface area (Å²) in [5.41, 5.74) is 1.99. The van der Waals surface area contributed by atoms with Gasteiger partial charge < -0.3 is 10.7 Å². The lowest BCUT2D eigenvalue weighted by molar-refractivity contribution is -0.113. The average Bonchev–Trinajstić information content (AvgIpc) is 2.22. The molecular formula is C11H14N2OS. The molecule has 0 aliphatic rings. The molecule has 80 valence electrons. The average molecular weight is 222 g/mol. The van der Waals surface area contributed by atoms with Gasteiger partial charge in [0.15, 0.2) is 0 Å². The zero-order valence-electron chi connectivity index (χ0n) is 8.62. The summed E-state index contributed by atoms with van der Waals surface area (Å²) in [6.07, 6.45) is 1.30. The van der Waals surface area contributed by atoms with Crippen LogP contribution >= 0.6 is 11.8 Å². The third kappa shape index (κ3) is 4.65. The molecule has 1 rings (SSSR count). The number of hydrogen-bond donors (Lipinski definition) is 2. The van der Waals surface area contributed by atoms with E-state index in [1.165, 1.54) is 23.5 Å². The number of carbonyl (C=O) groups excluding carboxylic acids is 1. The Hall–Kier alpha value is -1.29. The van der Waals surface area contributed by atoms with E-state index in [0.717, 1.165) is 5.69 Å². The molecule has 3 nitrogen and oxygen atoms in total. The van der Waals surface area contributed by atoms with Gasteiger partial charge in [-0.1, -0.05) is 17.7 Å². The summed E-state index contributed by atoms with van der Waals surface area (Å²) in [5, 5.41) is 9.61. The Morgan fingerprint density at radius 3 is 2.73 bits per heavy atom.